The van der Waals surface area contributed by atoms with E-state index in [0.29, 0.717) is 6.42 Å². The highest BCUT2D eigenvalue weighted by atomic mass is 16.1. The average Bonchev–Trinajstić information content (AvgIpc) is 2.67. The van der Waals surface area contributed by atoms with Crippen molar-refractivity contribution in [3.8, 4) is 0 Å². The molecule has 102 valence electrons. The van der Waals surface area contributed by atoms with Gasteiger partial charge in [-0.05, 0) is 47.4 Å². The first kappa shape index (κ1) is 14.9. The molecule has 0 amide bonds. The fourth-order valence-corrected chi connectivity index (χ4v) is 2.13. The van der Waals surface area contributed by atoms with Crippen LogP contribution in [-0.2, 0) is 17.8 Å². The number of carbonyl (C=O) groups is 1. The van der Waals surface area contributed by atoms with Crippen molar-refractivity contribution in [3.63, 3.8) is 0 Å². The molecular formula is C14H25N3O. The van der Waals surface area contributed by atoms with Crippen LogP contribution in [0.3, 0.4) is 0 Å². The third-order valence-electron chi connectivity index (χ3n) is 3.90. The maximum atomic E-state index is 12.5. The Bertz CT molecular complexity index is 423. The first-order valence-corrected chi connectivity index (χ1v) is 6.59. The highest BCUT2D eigenvalue weighted by Crippen LogP contribution is 2.20. The van der Waals surface area contributed by atoms with E-state index in [1.807, 2.05) is 50.5 Å². The number of carbonyl (C=O) groups excluding carboxylic acids is 1. The summed E-state index contributed by atoms with van der Waals surface area (Å²) < 4.78 is 1.92. The lowest BCUT2D eigenvalue weighted by Gasteiger charge is -2.34. The predicted molar refractivity (Wildman–Crippen MR) is 73.7 cm³/mol. The fourth-order valence-electron chi connectivity index (χ4n) is 2.13. The van der Waals surface area contributed by atoms with Crippen molar-refractivity contribution in [1.29, 1.82) is 0 Å². The molecule has 0 aromatic carbocycles. The van der Waals surface area contributed by atoms with E-state index in [0.717, 1.165) is 24.4 Å². The molecule has 1 heterocycles. The molecule has 18 heavy (non-hydrogen) atoms. The van der Waals surface area contributed by atoms with E-state index >= 15 is 0 Å². The molecule has 4 heteroatoms. The zero-order valence-corrected chi connectivity index (χ0v) is 12.4. The molecule has 1 aromatic heterocycles. The van der Waals surface area contributed by atoms with Crippen LogP contribution in [0.1, 0.15) is 38.6 Å². The minimum absolute atomic E-state index is 0.254. The van der Waals surface area contributed by atoms with Crippen molar-refractivity contribution >= 4 is 5.78 Å². The summed E-state index contributed by atoms with van der Waals surface area (Å²) in [7, 11) is 3.92. The summed E-state index contributed by atoms with van der Waals surface area (Å²) >= 11 is 0. The van der Waals surface area contributed by atoms with Crippen molar-refractivity contribution in [2.45, 2.75) is 52.6 Å². The number of rotatable bonds is 6. The van der Waals surface area contributed by atoms with Crippen molar-refractivity contribution < 1.29 is 4.79 Å². The molecule has 1 atom stereocenters. The van der Waals surface area contributed by atoms with Crippen LogP contribution in [0, 0.1) is 6.92 Å². The molecule has 0 bridgehead atoms. The predicted octanol–water partition coefficient (Wildman–Crippen LogP) is 2.05. The summed E-state index contributed by atoms with van der Waals surface area (Å²) in [6.45, 7) is 8.88. The number of nitrogens with zero attached hydrogens (tertiary/aromatic N) is 3. The topological polar surface area (TPSA) is 38.1 Å². The van der Waals surface area contributed by atoms with Gasteiger partial charge in [-0.2, -0.15) is 5.10 Å². The number of Topliss-reactive ketones (excluding diaryl/α,β-unsaturated/α-hetero) is 1. The number of hydrogen-bond acceptors (Lipinski definition) is 3. The van der Waals surface area contributed by atoms with Crippen LogP contribution in [0.4, 0.5) is 0 Å². The molecule has 1 rings (SSSR count). The maximum absolute atomic E-state index is 12.5. The average molecular weight is 251 g/mol. The summed E-state index contributed by atoms with van der Waals surface area (Å²) in [5.41, 5.74) is 1.60. The van der Waals surface area contributed by atoms with Gasteiger partial charge in [0, 0.05) is 12.2 Å². The van der Waals surface area contributed by atoms with Crippen LogP contribution in [0.5, 0.6) is 0 Å². The third-order valence-corrected chi connectivity index (χ3v) is 3.90. The van der Waals surface area contributed by atoms with E-state index in [-0.39, 0.29) is 5.78 Å². The minimum Gasteiger partial charge on any atom is -0.297 e. The highest BCUT2D eigenvalue weighted by molar-refractivity contribution is 5.89. The number of ketones is 1. The normalized spacial score (nSPS) is 14.8. The summed E-state index contributed by atoms with van der Waals surface area (Å²) in [6.07, 6.45) is 1.27. The summed E-state index contributed by atoms with van der Waals surface area (Å²) in [5.74, 6) is 0.254. The van der Waals surface area contributed by atoms with Gasteiger partial charge in [-0.1, -0.05) is 6.92 Å². The molecule has 0 radical (unpaired) electrons. The van der Waals surface area contributed by atoms with Gasteiger partial charge in [0.05, 0.1) is 17.7 Å². The number of hydrogen-bond donors (Lipinski definition) is 0. The number of aromatic nitrogens is 2. The Morgan fingerprint density at radius 1 is 1.44 bits per heavy atom. The zero-order chi connectivity index (χ0) is 13.9. The van der Waals surface area contributed by atoms with Gasteiger partial charge in [0.25, 0.3) is 0 Å². The smallest absolute Gasteiger partial charge is 0.158 e. The quantitative estimate of drug-likeness (QED) is 0.776. The van der Waals surface area contributed by atoms with E-state index < -0.39 is 5.54 Å². The Morgan fingerprint density at radius 3 is 2.50 bits per heavy atom. The summed E-state index contributed by atoms with van der Waals surface area (Å²) in [6, 6.07) is 2.01. The van der Waals surface area contributed by atoms with Gasteiger partial charge in [-0.25, -0.2) is 0 Å². The van der Waals surface area contributed by atoms with E-state index in [9.17, 15) is 4.79 Å². The molecular weight excluding hydrogens is 226 g/mol. The lowest BCUT2D eigenvalue weighted by Crippen LogP contribution is -2.48. The third kappa shape index (κ3) is 2.80. The van der Waals surface area contributed by atoms with Crippen molar-refractivity contribution in [1.82, 2.24) is 14.7 Å². The van der Waals surface area contributed by atoms with Crippen molar-refractivity contribution in [3.05, 3.63) is 17.5 Å². The minimum atomic E-state index is -0.392. The standard InChI is InChI=1S/C14H25N3O/c1-7-14(4,16(5)6)13(18)10-12-9-11(3)15-17(12)8-2/h9H,7-8,10H2,1-6H3. The van der Waals surface area contributed by atoms with Crippen LogP contribution in [0.25, 0.3) is 0 Å². The molecule has 0 spiro atoms. The van der Waals surface area contributed by atoms with Gasteiger partial charge >= 0.3 is 0 Å². The Balaban J connectivity index is 2.93. The van der Waals surface area contributed by atoms with Crippen molar-refractivity contribution in [2.24, 2.45) is 0 Å². The second kappa shape index (κ2) is 5.65. The first-order valence-electron chi connectivity index (χ1n) is 6.59. The summed E-state index contributed by atoms with van der Waals surface area (Å²) in [4.78, 5) is 14.5. The SMILES string of the molecule is CCn1nc(C)cc1CC(=O)C(C)(CC)N(C)C. The molecule has 0 saturated heterocycles. The Labute approximate surface area is 110 Å². The van der Waals surface area contributed by atoms with Gasteiger partial charge in [0.2, 0.25) is 0 Å². The fraction of sp³-hybridized carbons (Fsp3) is 0.714. The molecule has 0 saturated carbocycles. The van der Waals surface area contributed by atoms with Crippen LogP contribution in [0.15, 0.2) is 6.07 Å². The van der Waals surface area contributed by atoms with Gasteiger partial charge in [-0.15, -0.1) is 0 Å². The lowest BCUT2D eigenvalue weighted by molar-refractivity contribution is -0.128. The van der Waals surface area contributed by atoms with Crippen LogP contribution in [0.2, 0.25) is 0 Å². The number of aryl methyl sites for hydroxylation is 2. The molecule has 0 aliphatic carbocycles. The molecule has 4 nitrogen and oxygen atoms in total. The van der Waals surface area contributed by atoms with Gasteiger partial charge in [0.1, 0.15) is 0 Å². The van der Waals surface area contributed by atoms with Crippen LogP contribution in [-0.4, -0.2) is 40.1 Å². The van der Waals surface area contributed by atoms with E-state index in [2.05, 4.69) is 12.0 Å². The molecule has 0 aliphatic heterocycles. The van der Waals surface area contributed by atoms with Crippen LogP contribution < -0.4 is 0 Å². The zero-order valence-electron chi connectivity index (χ0n) is 12.4. The monoisotopic (exact) mass is 251 g/mol. The highest BCUT2D eigenvalue weighted by Gasteiger charge is 2.33. The molecule has 0 N–H and O–H groups in total. The second-order valence-electron chi connectivity index (χ2n) is 5.21. The van der Waals surface area contributed by atoms with Gasteiger partial charge in [0.15, 0.2) is 5.78 Å². The molecule has 1 aromatic rings. The van der Waals surface area contributed by atoms with E-state index in [1.165, 1.54) is 0 Å². The molecule has 0 fully saturated rings. The van der Waals surface area contributed by atoms with E-state index in [1.54, 1.807) is 0 Å². The first-order chi connectivity index (χ1) is 8.35. The molecule has 0 aliphatic rings. The largest absolute Gasteiger partial charge is 0.297 e. The van der Waals surface area contributed by atoms with Gasteiger partial charge < -0.3 is 0 Å². The van der Waals surface area contributed by atoms with Crippen molar-refractivity contribution in [2.75, 3.05) is 14.1 Å². The Morgan fingerprint density at radius 2 is 2.06 bits per heavy atom. The summed E-state index contributed by atoms with van der Waals surface area (Å²) in [5, 5.41) is 4.39. The maximum Gasteiger partial charge on any atom is 0.158 e. The van der Waals surface area contributed by atoms with Gasteiger partial charge in [-0.3, -0.25) is 14.4 Å². The number of likely N-dealkylation sites (N-methyl/N-ethyl adjacent to an activating group) is 1. The Kier molecular flexibility index (Phi) is 4.68. The molecule has 1 unspecified atom stereocenters. The lowest BCUT2D eigenvalue weighted by atomic mass is 9.89. The van der Waals surface area contributed by atoms with E-state index in [4.69, 9.17) is 0 Å². The Hall–Kier alpha value is -1.16. The second-order valence-corrected chi connectivity index (χ2v) is 5.21. The van der Waals surface area contributed by atoms with Crippen LogP contribution >= 0.6 is 0 Å².